The Morgan fingerprint density at radius 2 is 1.85 bits per heavy atom. The number of hydrogen-bond acceptors (Lipinski definition) is 4. The largest absolute Gasteiger partial charge is 0.354 e. The van der Waals surface area contributed by atoms with Gasteiger partial charge in [0.2, 0.25) is 5.91 Å². The molecule has 0 radical (unpaired) electrons. The fourth-order valence-electron chi connectivity index (χ4n) is 2.31. The molecule has 1 heterocycles. The first kappa shape index (κ1) is 18.4. The van der Waals surface area contributed by atoms with Crippen molar-refractivity contribution in [2.75, 3.05) is 18.4 Å². The molecule has 8 heteroatoms. The average molecular weight is 392 g/mol. The molecule has 0 spiro atoms. The Bertz CT molecular complexity index is 819. The molecule has 3 N–H and O–H groups in total. The van der Waals surface area contributed by atoms with Crippen LogP contribution < -0.4 is 16.0 Å². The molecule has 0 bridgehead atoms. The standard InChI is InChI=1S/C18H18ClN3O3S/c19-13-6-5-12(10-14(13)22-18(25)15-2-1-9-26-15)17(24)21-8-7-20-16(23)11-3-4-11/h1-2,5-6,9-11H,3-4,7-8H2,(H,20,23)(H,21,24)(H,22,25). The molecule has 1 aromatic carbocycles. The van der Waals surface area contributed by atoms with E-state index in [1.165, 1.54) is 17.4 Å². The number of anilines is 1. The molecule has 0 atom stereocenters. The molecule has 26 heavy (non-hydrogen) atoms. The second-order valence-corrected chi connectivity index (χ2v) is 7.30. The molecule has 0 unspecified atom stereocenters. The van der Waals surface area contributed by atoms with Crippen molar-refractivity contribution in [2.45, 2.75) is 12.8 Å². The van der Waals surface area contributed by atoms with Crippen LogP contribution in [0.25, 0.3) is 0 Å². The van der Waals surface area contributed by atoms with E-state index < -0.39 is 0 Å². The summed E-state index contributed by atoms with van der Waals surface area (Å²) >= 11 is 7.43. The molecule has 1 aromatic heterocycles. The summed E-state index contributed by atoms with van der Waals surface area (Å²) in [5, 5.41) is 10.4. The third kappa shape index (κ3) is 4.83. The van der Waals surface area contributed by atoms with E-state index in [2.05, 4.69) is 16.0 Å². The maximum atomic E-state index is 12.2. The van der Waals surface area contributed by atoms with Gasteiger partial charge in [0.1, 0.15) is 0 Å². The number of carbonyl (C=O) groups is 3. The first-order valence-electron chi connectivity index (χ1n) is 8.25. The number of benzene rings is 1. The number of halogens is 1. The maximum Gasteiger partial charge on any atom is 0.265 e. The van der Waals surface area contributed by atoms with E-state index in [0.29, 0.717) is 34.2 Å². The van der Waals surface area contributed by atoms with Crippen LogP contribution in [0.3, 0.4) is 0 Å². The van der Waals surface area contributed by atoms with E-state index >= 15 is 0 Å². The second kappa shape index (κ2) is 8.33. The van der Waals surface area contributed by atoms with E-state index in [9.17, 15) is 14.4 Å². The van der Waals surface area contributed by atoms with E-state index in [-0.39, 0.29) is 23.6 Å². The van der Waals surface area contributed by atoms with Crippen molar-refractivity contribution in [1.29, 1.82) is 0 Å². The van der Waals surface area contributed by atoms with Crippen molar-refractivity contribution in [2.24, 2.45) is 5.92 Å². The predicted molar refractivity (Wildman–Crippen MR) is 102 cm³/mol. The minimum absolute atomic E-state index is 0.0457. The van der Waals surface area contributed by atoms with Gasteiger partial charge in [0.25, 0.3) is 11.8 Å². The van der Waals surface area contributed by atoms with Crippen LogP contribution in [0.5, 0.6) is 0 Å². The number of amides is 3. The summed E-state index contributed by atoms with van der Waals surface area (Å²) in [5.74, 6) is -0.378. The van der Waals surface area contributed by atoms with Gasteiger partial charge in [-0.3, -0.25) is 14.4 Å². The van der Waals surface area contributed by atoms with Gasteiger partial charge < -0.3 is 16.0 Å². The molecule has 1 saturated carbocycles. The zero-order valence-electron chi connectivity index (χ0n) is 13.9. The maximum absolute atomic E-state index is 12.2. The number of carbonyl (C=O) groups excluding carboxylic acids is 3. The van der Waals surface area contributed by atoms with E-state index in [1.807, 2.05) is 5.38 Å². The molecule has 1 aliphatic rings. The van der Waals surface area contributed by atoms with Crippen LogP contribution in [0.2, 0.25) is 5.02 Å². The molecular weight excluding hydrogens is 374 g/mol. The van der Waals surface area contributed by atoms with Crippen molar-refractivity contribution < 1.29 is 14.4 Å². The molecule has 0 aliphatic heterocycles. The lowest BCUT2D eigenvalue weighted by molar-refractivity contribution is -0.122. The summed E-state index contributed by atoms with van der Waals surface area (Å²) in [6.07, 6.45) is 1.89. The van der Waals surface area contributed by atoms with Crippen molar-refractivity contribution in [1.82, 2.24) is 10.6 Å². The monoisotopic (exact) mass is 391 g/mol. The van der Waals surface area contributed by atoms with Crippen LogP contribution in [0.4, 0.5) is 5.69 Å². The summed E-state index contributed by atoms with van der Waals surface area (Å²) < 4.78 is 0. The Kier molecular flexibility index (Phi) is 5.90. The molecule has 3 amide bonds. The van der Waals surface area contributed by atoms with Gasteiger partial charge in [-0.25, -0.2) is 0 Å². The Morgan fingerprint density at radius 3 is 2.54 bits per heavy atom. The number of rotatable bonds is 7. The van der Waals surface area contributed by atoms with Crippen LogP contribution in [0, 0.1) is 5.92 Å². The van der Waals surface area contributed by atoms with Crippen LogP contribution in [-0.2, 0) is 4.79 Å². The molecule has 6 nitrogen and oxygen atoms in total. The Balaban J connectivity index is 1.54. The smallest absolute Gasteiger partial charge is 0.265 e. The highest BCUT2D eigenvalue weighted by Crippen LogP contribution is 2.28. The van der Waals surface area contributed by atoms with Crippen LogP contribution in [0.15, 0.2) is 35.7 Å². The summed E-state index contributed by atoms with van der Waals surface area (Å²) in [6.45, 7) is 0.716. The molecule has 0 saturated heterocycles. The van der Waals surface area contributed by atoms with E-state index in [4.69, 9.17) is 11.6 Å². The van der Waals surface area contributed by atoms with Gasteiger partial charge in [0, 0.05) is 24.6 Å². The minimum Gasteiger partial charge on any atom is -0.354 e. The van der Waals surface area contributed by atoms with Crippen molar-refractivity contribution in [3.8, 4) is 0 Å². The highest BCUT2D eigenvalue weighted by molar-refractivity contribution is 7.12. The van der Waals surface area contributed by atoms with Crippen molar-refractivity contribution in [3.05, 3.63) is 51.2 Å². The first-order chi connectivity index (χ1) is 12.5. The van der Waals surface area contributed by atoms with E-state index in [0.717, 1.165) is 12.8 Å². The summed E-state index contributed by atoms with van der Waals surface area (Å²) in [6, 6.07) is 8.18. The second-order valence-electron chi connectivity index (χ2n) is 5.95. The summed E-state index contributed by atoms with van der Waals surface area (Å²) in [5.41, 5.74) is 0.754. The van der Waals surface area contributed by atoms with Gasteiger partial charge in [-0.05, 0) is 42.5 Å². The fraction of sp³-hybridized carbons (Fsp3) is 0.278. The van der Waals surface area contributed by atoms with Crippen molar-refractivity contribution >= 4 is 46.3 Å². The molecule has 2 aromatic rings. The minimum atomic E-state index is -0.297. The Labute approximate surface area is 159 Å². The molecular formula is C18H18ClN3O3S. The van der Waals surface area contributed by atoms with Gasteiger partial charge in [0.05, 0.1) is 15.6 Å². The summed E-state index contributed by atoms with van der Waals surface area (Å²) in [7, 11) is 0. The topological polar surface area (TPSA) is 87.3 Å². The zero-order valence-corrected chi connectivity index (χ0v) is 15.5. The average Bonchev–Trinajstić information content (AvgIpc) is 3.34. The lowest BCUT2D eigenvalue weighted by atomic mass is 10.2. The zero-order chi connectivity index (χ0) is 18.5. The third-order valence-electron chi connectivity index (χ3n) is 3.88. The highest BCUT2D eigenvalue weighted by Gasteiger charge is 2.29. The van der Waals surface area contributed by atoms with Gasteiger partial charge >= 0.3 is 0 Å². The van der Waals surface area contributed by atoms with Crippen molar-refractivity contribution in [3.63, 3.8) is 0 Å². The molecule has 136 valence electrons. The molecule has 1 aliphatic carbocycles. The van der Waals surface area contributed by atoms with Crippen LogP contribution in [-0.4, -0.2) is 30.8 Å². The molecule has 1 fully saturated rings. The highest BCUT2D eigenvalue weighted by atomic mass is 35.5. The number of hydrogen-bond donors (Lipinski definition) is 3. The van der Waals surface area contributed by atoms with Crippen LogP contribution in [0.1, 0.15) is 32.9 Å². The van der Waals surface area contributed by atoms with Crippen LogP contribution >= 0.6 is 22.9 Å². The first-order valence-corrected chi connectivity index (χ1v) is 9.50. The Morgan fingerprint density at radius 1 is 1.08 bits per heavy atom. The lowest BCUT2D eigenvalue weighted by Crippen LogP contribution is -2.35. The lowest BCUT2D eigenvalue weighted by Gasteiger charge is -2.10. The third-order valence-corrected chi connectivity index (χ3v) is 5.08. The predicted octanol–water partition coefficient (Wildman–Crippen LogP) is 2.91. The summed E-state index contributed by atoms with van der Waals surface area (Å²) in [4.78, 5) is 36.5. The molecule has 3 rings (SSSR count). The van der Waals surface area contributed by atoms with E-state index in [1.54, 1.807) is 24.3 Å². The van der Waals surface area contributed by atoms with Gasteiger partial charge in [-0.2, -0.15) is 0 Å². The number of thiophene rings is 1. The van der Waals surface area contributed by atoms with Gasteiger partial charge in [0.15, 0.2) is 0 Å². The Hall–Kier alpha value is -2.38. The quantitative estimate of drug-likeness (QED) is 0.634. The SMILES string of the molecule is O=C(NCCNC(=O)C1CC1)c1ccc(Cl)c(NC(=O)c2cccs2)c1. The van der Waals surface area contributed by atoms with Gasteiger partial charge in [-0.1, -0.05) is 17.7 Å². The normalized spacial score (nSPS) is 13.1. The van der Waals surface area contributed by atoms with Gasteiger partial charge in [-0.15, -0.1) is 11.3 Å². The fourth-order valence-corrected chi connectivity index (χ4v) is 3.09. The number of nitrogens with one attached hydrogen (secondary N) is 3.